The first-order valence-corrected chi connectivity index (χ1v) is 7.68. The van der Waals surface area contributed by atoms with E-state index in [2.05, 4.69) is 16.5 Å². The first-order chi connectivity index (χ1) is 10.2. The number of aromatic nitrogens is 2. The topological polar surface area (TPSA) is 39.1 Å². The monoisotopic (exact) mass is 305 g/mol. The van der Waals surface area contributed by atoms with E-state index in [1.165, 1.54) is 5.56 Å². The Labute approximate surface area is 130 Å². The summed E-state index contributed by atoms with van der Waals surface area (Å²) in [4.78, 5) is 0. The Bertz CT molecular complexity index is 605. The second-order valence-electron chi connectivity index (χ2n) is 5.57. The Morgan fingerprint density at radius 3 is 3.10 bits per heavy atom. The molecule has 0 spiro atoms. The number of hydrogen-bond acceptors (Lipinski definition) is 3. The fourth-order valence-corrected chi connectivity index (χ4v) is 2.74. The molecule has 21 heavy (non-hydrogen) atoms. The van der Waals surface area contributed by atoms with Crippen LogP contribution in [-0.2, 0) is 17.8 Å². The SMILES string of the molecule is Cc1ccc(CNc2ccnn2C[C@H]2CCOC2)cc1Cl. The number of ether oxygens (including phenoxy) is 1. The number of nitrogens with one attached hydrogen (secondary N) is 1. The van der Waals surface area contributed by atoms with Gasteiger partial charge < -0.3 is 10.1 Å². The fraction of sp³-hybridized carbons (Fsp3) is 0.438. The highest BCUT2D eigenvalue weighted by Crippen LogP contribution is 2.19. The molecule has 1 N–H and O–H groups in total. The summed E-state index contributed by atoms with van der Waals surface area (Å²) < 4.78 is 7.45. The molecule has 1 aliphatic rings. The van der Waals surface area contributed by atoms with Gasteiger partial charge in [-0.1, -0.05) is 23.7 Å². The van der Waals surface area contributed by atoms with E-state index in [1.54, 1.807) is 0 Å². The molecule has 0 amide bonds. The second kappa shape index (κ2) is 6.50. The van der Waals surface area contributed by atoms with Gasteiger partial charge in [0, 0.05) is 36.7 Å². The fourth-order valence-electron chi connectivity index (χ4n) is 2.54. The van der Waals surface area contributed by atoms with Crippen molar-refractivity contribution in [2.45, 2.75) is 26.4 Å². The molecule has 1 saturated heterocycles. The quantitative estimate of drug-likeness (QED) is 0.919. The Morgan fingerprint density at radius 1 is 1.43 bits per heavy atom. The summed E-state index contributed by atoms with van der Waals surface area (Å²) in [5.74, 6) is 1.61. The predicted octanol–water partition coefficient (Wildman–Crippen LogP) is 3.49. The molecule has 0 radical (unpaired) electrons. The van der Waals surface area contributed by atoms with Crippen LogP contribution in [0.3, 0.4) is 0 Å². The van der Waals surface area contributed by atoms with Gasteiger partial charge in [0.1, 0.15) is 5.82 Å². The Hall–Kier alpha value is -1.52. The number of nitrogens with zero attached hydrogens (tertiary/aromatic N) is 2. The molecule has 4 nitrogen and oxygen atoms in total. The van der Waals surface area contributed by atoms with E-state index in [4.69, 9.17) is 16.3 Å². The van der Waals surface area contributed by atoms with Gasteiger partial charge in [-0.2, -0.15) is 5.10 Å². The molecule has 2 aromatic rings. The zero-order chi connectivity index (χ0) is 14.7. The molecule has 0 bridgehead atoms. The van der Waals surface area contributed by atoms with Gasteiger partial charge in [0.05, 0.1) is 12.8 Å². The van der Waals surface area contributed by atoms with Gasteiger partial charge in [0.25, 0.3) is 0 Å². The standard InChI is InChI=1S/C16H20ClN3O/c1-12-2-3-13(8-15(12)17)9-18-16-4-6-19-20(16)10-14-5-7-21-11-14/h2-4,6,8,14,18H,5,7,9-11H2,1H3/t14-/m1/s1. The smallest absolute Gasteiger partial charge is 0.124 e. The molecular formula is C16H20ClN3O. The molecule has 1 aromatic carbocycles. The first-order valence-electron chi connectivity index (χ1n) is 7.31. The summed E-state index contributed by atoms with van der Waals surface area (Å²) >= 11 is 6.16. The van der Waals surface area contributed by atoms with Crippen LogP contribution < -0.4 is 5.32 Å². The van der Waals surface area contributed by atoms with Gasteiger partial charge >= 0.3 is 0 Å². The van der Waals surface area contributed by atoms with E-state index in [9.17, 15) is 0 Å². The lowest BCUT2D eigenvalue weighted by atomic mass is 10.1. The van der Waals surface area contributed by atoms with Crippen LogP contribution >= 0.6 is 11.6 Å². The van der Waals surface area contributed by atoms with Gasteiger partial charge in [-0.15, -0.1) is 0 Å². The van der Waals surface area contributed by atoms with E-state index in [0.29, 0.717) is 5.92 Å². The molecule has 2 heterocycles. The molecule has 5 heteroatoms. The Balaban J connectivity index is 1.62. The third-order valence-corrected chi connectivity index (χ3v) is 4.29. The second-order valence-corrected chi connectivity index (χ2v) is 5.97. The maximum atomic E-state index is 6.16. The zero-order valence-electron chi connectivity index (χ0n) is 12.2. The van der Waals surface area contributed by atoms with Crippen molar-refractivity contribution in [3.05, 3.63) is 46.6 Å². The van der Waals surface area contributed by atoms with Crippen LogP contribution in [0.2, 0.25) is 5.02 Å². The van der Waals surface area contributed by atoms with Crippen molar-refractivity contribution in [2.75, 3.05) is 18.5 Å². The Kier molecular flexibility index (Phi) is 4.46. The van der Waals surface area contributed by atoms with Crippen molar-refractivity contribution < 1.29 is 4.74 Å². The van der Waals surface area contributed by atoms with Crippen LogP contribution in [0.15, 0.2) is 30.5 Å². The van der Waals surface area contributed by atoms with Crippen LogP contribution in [0.5, 0.6) is 0 Å². The van der Waals surface area contributed by atoms with Crippen molar-refractivity contribution in [2.24, 2.45) is 5.92 Å². The molecule has 0 aliphatic carbocycles. The molecule has 0 unspecified atom stereocenters. The van der Waals surface area contributed by atoms with Gasteiger partial charge in [0.2, 0.25) is 0 Å². The maximum absolute atomic E-state index is 6.16. The number of halogens is 1. The number of anilines is 1. The predicted molar refractivity (Wildman–Crippen MR) is 84.7 cm³/mol. The van der Waals surface area contributed by atoms with E-state index in [0.717, 1.165) is 49.1 Å². The van der Waals surface area contributed by atoms with Gasteiger partial charge in [0.15, 0.2) is 0 Å². The summed E-state index contributed by atoms with van der Waals surface area (Å²) in [7, 11) is 0. The lowest BCUT2D eigenvalue weighted by Gasteiger charge is -2.13. The molecule has 112 valence electrons. The number of benzene rings is 1. The summed E-state index contributed by atoms with van der Waals surface area (Å²) in [6.07, 6.45) is 2.95. The molecule has 1 atom stereocenters. The van der Waals surface area contributed by atoms with Crippen LogP contribution in [0.4, 0.5) is 5.82 Å². The highest BCUT2D eigenvalue weighted by Gasteiger charge is 2.17. The van der Waals surface area contributed by atoms with Gasteiger partial charge in [-0.05, 0) is 30.5 Å². The number of rotatable bonds is 5. The number of hydrogen-bond donors (Lipinski definition) is 1. The maximum Gasteiger partial charge on any atom is 0.124 e. The van der Waals surface area contributed by atoms with Crippen molar-refractivity contribution >= 4 is 17.4 Å². The summed E-state index contributed by atoms with van der Waals surface area (Å²) in [5, 5.41) is 8.64. The summed E-state index contributed by atoms with van der Waals surface area (Å²) in [5.41, 5.74) is 2.27. The third-order valence-electron chi connectivity index (χ3n) is 3.88. The minimum Gasteiger partial charge on any atom is -0.381 e. The molecule has 3 rings (SSSR count). The van der Waals surface area contributed by atoms with E-state index >= 15 is 0 Å². The van der Waals surface area contributed by atoms with E-state index < -0.39 is 0 Å². The minimum absolute atomic E-state index is 0.569. The van der Waals surface area contributed by atoms with Gasteiger partial charge in [-0.25, -0.2) is 4.68 Å². The normalized spacial score (nSPS) is 18.1. The highest BCUT2D eigenvalue weighted by atomic mass is 35.5. The Morgan fingerprint density at radius 2 is 2.33 bits per heavy atom. The molecule has 1 aliphatic heterocycles. The van der Waals surface area contributed by atoms with Crippen LogP contribution in [0.25, 0.3) is 0 Å². The highest BCUT2D eigenvalue weighted by molar-refractivity contribution is 6.31. The number of aryl methyl sites for hydroxylation is 1. The van der Waals surface area contributed by atoms with Crippen molar-refractivity contribution in [1.82, 2.24) is 9.78 Å². The van der Waals surface area contributed by atoms with E-state index in [1.807, 2.05) is 36.0 Å². The average molecular weight is 306 g/mol. The van der Waals surface area contributed by atoms with Crippen LogP contribution in [0.1, 0.15) is 17.5 Å². The van der Waals surface area contributed by atoms with Crippen LogP contribution in [-0.4, -0.2) is 23.0 Å². The zero-order valence-corrected chi connectivity index (χ0v) is 12.9. The van der Waals surface area contributed by atoms with Crippen molar-refractivity contribution in [3.8, 4) is 0 Å². The van der Waals surface area contributed by atoms with Crippen molar-refractivity contribution in [1.29, 1.82) is 0 Å². The molecule has 1 aromatic heterocycles. The van der Waals surface area contributed by atoms with Crippen molar-refractivity contribution in [3.63, 3.8) is 0 Å². The first kappa shape index (κ1) is 14.4. The molecule has 1 fully saturated rings. The van der Waals surface area contributed by atoms with Crippen LogP contribution in [0, 0.1) is 12.8 Å². The third kappa shape index (κ3) is 3.57. The molecule has 0 saturated carbocycles. The lowest BCUT2D eigenvalue weighted by Crippen LogP contribution is -2.14. The summed E-state index contributed by atoms with van der Waals surface area (Å²) in [6, 6.07) is 8.16. The average Bonchev–Trinajstić information content (AvgIpc) is 3.13. The van der Waals surface area contributed by atoms with E-state index in [-0.39, 0.29) is 0 Å². The largest absolute Gasteiger partial charge is 0.381 e. The minimum atomic E-state index is 0.569. The summed E-state index contributed by atoms with van der Waals surface area (Å²) in [6.45, 7) is 5.37. The molecular weight excluding hydrogens is 286 g/mol. The van der Waals surface area contributed by atoms with Gasteiger partial charge in [-0.3, -0.25) is 0 Å². The lowest BCUT2D eigenvalue weighted by molar-refractivity contribution is 0.181.